The summed E-state index contributed by atoms with van der Waals surface area (Å²) in [5.41, 5.74) is 4.17. The summed E-state index contributed by atoms with van der Waals surface area (Å²) < 4.78 is 15.8. The topological polar surface area (TPSA) is 88.4 Å². The number of amides is 2. The molecule has 1 aliphatic heterocycles. The Labute approximate surface area is 205 Å². The van der Waals surface area contributed by atoms with E-state index in [0.717, 1.165) is 30.4 Å². The largest absolute Gasteiger partial charge is 0.341 e. The fraction of sp³-hybridized carbons (Fsp3) is 0.231. The number of hydrogen-bond donors (Lipinski definition) is 2. The zero-order valence-corrected chi connectivity index (χ0v) is 19.3. The first-order valence-electron chi connectivity index (χ1n) is 11.5. The Balaban J connectivity index is 1.47. The van der Waals surface area contributed by atoms with Crippen LogP contribution in [-0.4, -0.2) is 26.4 Å². The highest BCUT2D eigenvalue weighted by atomic mass is 35.5. The number of nitrogens with one attached hydrogen (secondary N) is 2. The average molecular weight is 490 g/mol. The van der Waals surface area contributed by atoms with Gasteiger partial charge in [-0.05, 0) is 66.8 Å². The normalized spacial score (nSPS) is 17.2. The molecule has 1 saturated carbocycles. The number of hydrogen-bond acceptors (Lipinski definition) is 4. The third-order valence-corrected chi connectivity index (χ3v) is 7.18. The van der Waals surface area contributed by atoms with Crippen LogP contribution in [0.5, 0.6) is 0 Å². The van der Waals surface area contributed by atoms with Gasteiger partial charge in [0.05, 0.1) is 6.04 Å². The number of nitrogens with zero attached hydrogens (tertiary/aromatic N) is 3. The minimum atomic E-state index is -0.688. The Morgan fingerprint density at radius 2 is 2.03 bits per heavy atom. The van der Waals surface area contributed by atoms with Crippen molar-refractivity contribution < 1.29 is 14.0 Å². The van der Waals surface area contributed by atoms with Crippen LogP contribution in [0.3, 0.4) is 0 Å². The predicted octanol–water partition coefficient (Wildman–Crippen LogP) is 5.15. The van der Waals surface area contributed by atoms with Gasteiger partial charge in [0.1, 0.15) is 12.1 Å². The third kappa shape index (κ3) is 3.93. The molecule has 1 aliphatic carbocycles. The Hall–Kier alpha value is -3.78. The molecule has 1 unspecified atom stereocenters. The SMILES string of the molecule is O=C(CC1CCC1)Nc1cc(-c2ccc3ncnn3c2)cc2c1C(c1cc(F)ccc1Cl)NC2=O. The zero-order valence-electron chi connectivity index (χ0n) is 18.6. The monoisotopic (exact) mass is 489 g/mol. The third-order valence-electron chi connectivity index (χ3n) is 6.84. The van der Waals surface area contributed by atoms with E-state index in [9.17, 15) is 14.0 Å². The van der Waals surface area contributed by atoms with Crippen LogP contribution in [0.25, 0.3) is 16.8 Å². The summed E-state index contributed by atoms with van der Waals surface area (Å²) in [6, 6.07) is 10.7. The van der Waals surface area contributed by atoms with Crippen molar-refractivity contribution in [2.75, 3.05) is 5.32 Å². The molecular weight excluding hydrogens is 469 g/mol. The Morgan fingerprint density at radius 1 is 1.17 bits per heavy atom. The van der Waals surface area contributed by atoms with Crippen LogP contribution in [0.2, 0.25) is 5.02 Å². The Kier molecular flexibility index (Phi) is 5.25. The van der Waals surface area contributed by atoms with Gasteiger partial charge >= 0.3 is 0 Å². The van der Waals surface area contributed by atoms with E-state index in [1.807, 2.05) is 24.4 Å². The maximum absolute atomic E-state index is 14.1. The van der Waals surface area contributed by atoms with Gasteiger partial charge in [0, 0.05) is 45.6 Å². The van der Waals surface area contributed by atoms with Gasteiger partial charge in [-0.15, -0.1) is 0 Å². The van der Waals surface area contributed by atoms with E-state index in [0.29, 0.717) is 45.4 Å². The van der Waals surface area contributed by atoms with E-state index < -0.39 is 11.9 Å². The Morgan fingerprint density at radius 3 is 2.83 bits per heavy atom. The Bertz CT molecular complexity index is 1500. The van der Waals surface area contributed by atoms with E-state index in [1.54, 1.807) is 10.6 Å². The van der Waals surface area contributed by atoms with Crippen LogP contribution in [0, 0.1) is 11.7 Å². The molecule has 2 aliphatic rings. The van der Waals surface area contributed by atoms with Crippen molar-refractivity contribution in [2.45, 2.75) is 31.7 Å². The minimum absolute atomic E-state index is 0.107. The second kappa shape index (κ2) is 8.46. The van der Waals surface area contributed by atoms with Crippen molar-refractivity contribution >= 4 is 34.7 Å². The fourth-order valence-corrected chi connectivity index (χ4v) is 5.05. The summed E-state index contributed by atoms with van der Waals surface area (Å²) in [4.78, 5) is 30.2. The molecule has 7 nitrogen and oxygen atoms in total. The second-order valence-corrected chi connectivity index (χ2v) is 9.49. The molecule has 1 fully saturated rings. The van der Waals surface area contributed by atoms with Crippen LogP contribution >= 0.6 is 11.6 Å². The summed E-state index contributed by atoms with van der Waals surface area (Å²) in [7, 11) is 0. The lowest BCUT2D eigenvalue weighted by Gasteiger charge is -2.25. The molecule has 4 aromatic rings. The molecule has 2 aromatic carbocycles. The molecule has 2 N–H and O–H groups in total. The number of anilines is 1. The summed E-state index contributed by atoms with van der Waals surface area (Å²) >= 11 is 6.39. The number of pyridine rings is 1. The summed E-state index contributed by atoms with van der Waals surface area (Å²) in [5, 5.41) is 10.5. The van der Waals surface area contributed by atoms with Gasteiger partial charge in [0.15, 0.2) is 5.65 Å². The molecule has 0 spiro atoms. The zero-order chi connectivity index (χ0) is 24.1. The number of rotatable bonds is 5. The van der Waals surface area contributed by atoms with Crippen LogP contribution in [0.1, 0.15) is 53.2 Å². The molecule has 9 heteroatoms. The quantitative estimate of drug-likeness (QED) is 0.406. The van der Waals surface area contributed by atoms with Crippen molar-refractivity contribution in [2.24, 2.45) is 5.92 Å². The molecular formula is C26H21ClFN5O2. The van der Waals surface area contributed by atoms with Gasteiger partial charge in [-0.1, -0.05) is 18.0 Å². The van der Waals surface area contributed by atoms with E-state index in [2.05, 4.69) is 20.7 Å². The molecule has 6 rings (SSSR count). The molecule has 0 saturated heterocycles. The first kappa shape index (κ1) is 21.7. The van der Waals surface area contributed by atoms with E-state index >= 15 is 0 Å². The number of halogens is 2. The molecule has 3 heterocycles. The minimum Gasteiger partial charge on any atom is -0.341 e. The smallest absolute Gasteiger partial charge is 0.252 e. The van der Waals surface area contributed by atoms with Crippen LogP contribution < -0.4 is 10.6 Å². The van der Waals surface area contributed by atoms with Gasteiger partial charge in [0.25, 0.3) is 5.91 Å². The van der Waals surface area contributed by atoms with Gasteiger partial charge in [0.2, 0.25) is 5.91 Å². The lowest BCUT2D eigenvalue weighted by molar-refractivity contribution is -0.117. The van der Waals surface area contributed by atoms with Crippen molar-refractivity contribution in [1.82, 2.24) is 19.9 Å². The molecule has 0 bridgehead atoms. The number of carbonyl (C=O) groups excluding carboxylic acids is 2. The first-order chi connectivity index (χ1) is 17.0. The van der Waals surface area contributed by atoms with E-state index in [-0.39, 0.29) is 11.8 Å². The lowest BCUT2D eigenvalue weighted by Crippen LogP contribution is -2.23. The van der Waals surface area contributed by atoms with Crippen molar-refractivity contribution in [3.63, 3.8) is 0 Å². The lowest BCUT2D eigenvalue weighted by atomic mass is 9.83. The molecule has 2 aromatic heterocycles. The van der Waals surface area contributed by atoms with Crippen LogP contribution in [0.4, 0.5) is 10.1 Å². The van der Waals surface area contributed by atoms with Crippen molar-refractivity contribution in [3.8, 4) is 11.1 Å². The summed E-state index contributed by atoms with van der Waals surface area (Å²) in [5.74, 6) is -0.498. The molecule has 176 valence electrons. The summed E-state index contributed by atoms with van der Waals surface area (Å²) in [6.45, 7) is 0. The first-order valence-corrected chi connectivity index (χ1v) is 11.9. The highest BCUT2D eigenvalue weighted by Crippen LogP contribution is 2.42. The maximum atomic E-state index is 14.1. The highest BCUT2D eigenvalue weighted by molar-refractivity contribution is 6.31. The summed E-state index contributed by atoms with van der Waals surface area (Å²) in [6.07, 6.45) is 6.95. The van der Waals surface area contributed by atoms with Crippen molar-refractivity contribution in [3.05, 3.63) is 82.5 Å². The second-order valence-electron chi connectivity index (χ2n) is 9.09. The van der Waals surface area contributed by atoms with Crippen molar-refractivity contribution in [1.29, 1.82) is 0 Å². The highest BCUT2D eigenvalue weighted by Gasteiger charge is 2.35. The molecule has 1 atom stereocenters. The van der Waals surface area contributed by atoms with Crippen LogP contribution in [0.15, 0.2) is 55.0 Å². The average Bonchev–Trinajstić information content (AvgIpc) is 3.42. The van der Waals surface area contributed by atoms with Gasteiger partial charge in [-0.25, -0.2) is 13.9 Å². The van der Waals surface area contributed by atoms with E-state index in [4.69, 9.17) is 11.6 Å². The number of aromatic nitrogens is 3. The van der Waals surface area contributed by atoms with Gasteiger partial charge < -0.3 is 10.6 Å². The molecule has 0 radical (unpaired) electrons. The fourth-order valence-electron chi connectivity index (χ4n) is 4.82. The number of fused-ring (bicyclic) bond motifs is 2. The molecule has 2 amide bonds. The molecule has 35 heavy (non-hydrogen) atoms. The predicted molar refractivity (Wildman–Crippen MR) is 130 cm³/mol. The maximum Gasteiger partial charge on any atom is 0.252 e. The van der Waals surface area contributed by atoms with E-state index in [1.165, 1.54) is 24.5 Å². The number of benzene rings is 2. The van der Waals surface area contributed by atoms with Gasteiger partial charge in [-0.2, -0.15) is 5.10 Å². The van der Waals surface area contributed by atoms with Crippen LogP contribution in [-0.2, 0) is 4.79 Å². The number of carbonyl (C=O) groups is 2. The van der Waals surface area contributed by atoms with Gasteiger partial charge in [-0.3, -0.25) is 9.59 Å². The standard InChI is InChI=1S/C26H21ClFN5O2/c27-20-6-5-17(28)11-18(20)25-24-19(26(35)32-25)9-16(15-4-7-22-29-13-30-33(22)12-15)10-21(24)31-23(34)8-14-2-1-3-14/h4-7,9-14,25H,1-3,8H2,(H,31,34)(H,32,35).